The summed E-state index contributed by atoms with van der Waals surface area (Å²) in [5, 5.41) is 30.5. The third-order valence-corrected chi connectivity index (χ3v) is 11.7. The molecule has 8 rings (SSSR count). The molecule has 12 nitrogen and oxygen atoms in total. The predicted octanol–water partition coefficient (Wildman–Crippen LogP) is 5.03. The van der Waals surface area contributed by atoms with Gasteiger partial charge < -0.3 is 34.6 Å². The molecule has 2 amide bonds. The molecule has 286 valence electrons. The molecule has 4 aliphatic rings. The number of halogens is 2. The summed E-state index contributed by atoms with van der Waals surface area (Å²) in [7, 11) is 0. The van der Waals surface area contributed by atoms with Gasteiger partial charge in [0.25, 0.3) is 11.8 Å². The van der Waals surface area contributed by atoms with Gasteiger partial charge in [0.15, 0.2) is 13.2 Å². The molecule has 0 aromatic heterocycles. The molecule has 0 radical (unpaired) electrons. The van der Waals surface area contributed by atoms with Gasteiger partial charge in [-0.05, 0) is 41.8 Å². The number of ether oxygens (including phenoxy) is 2. The fourth-order valence-electron chi connectivity index (χ4n) is 8.03. The van der Waals surface area contributed by atoms with Crippen molar-refractivity contribution >= 4 is 52.4 Å². The number of nitrogens with zero attached hydrogens (tertiary/aromatic N) is 4. The van der Waals surface area contributed by atoms with Crippen molar-refractivity contribution in [2.24, 2.45) is 0 Å². The van der Waals surface area contributed by atoms with Gasteiger partial charge in [-0.25, -0.2) is 0 Å². The first-order valence-corrected chi connectivity index (χ1v) is 19.1. The summed E-state index contributed by atoms with van der Waals surface area (Å²) < 4.78 is 11.7. The lowest BCUT2D eigenvalue weighted by atomic mass is 9.95. The molecule has 2 fully saturated rings. The molecule has 0 saturated carbocycles. The van der Waals surface area contributed by atoms with Gasteiger partial charge in [-0.2, -0.15) is 0 Å². The number of hydrogen-bond acceptors (Lipinski definition) is 9. The Morgan fingerprint density at radius 1 is 0.691 bits per heavy atom. The number of anilines is 2. The Hall–Kier alpha value is -4.69. The summed E-state index contributed by atoms with van der Waals surface area (Å²) in [6.45, 7) is 3.12. The number of rotatable bonds is 10. The van der Waals surface area contributed by atoms with Crippen LogP contribution in [0.3, 0.4) is 0 Å². The quantitative estimate of drug-likeness (QED) is 0.200. The summed E-state index contributed by atoms with van der Waals surface area (Å²) in [5.41, 5.74) is 5.82. The lowest BCUT2D eigenvalue weighted by Crippen LogP contribution is -2.45. The maximum Gasteiger partial charge on any atom is 0.321 e. The van der Waals surface area contributed by atoms with Crippen LogP contribution in [0.4, 0.5) is 11.4 Å². The highest BCUT2D eigenvalue weighted by atomic mass is 35.5. The van der Waals surface area contributed by atoms with E-state index in [4.69, 9.17) is 32.7 Å². The van der Waals surface area contributed by atoms with E-state index in [0.717, 1.165) is 46.3 Å². The maximum absolute atomic E-state index is 12.9. The first kappa shape index (κ1) is 37.2. The zero-order valence-electron chi connectivity index (χ0n) is 29.9. The monoisotopic (exact) mass is 786 g/mol. The minimum Gasteiger partial charge on any atom is -0.482 e. The largest absolute Gasteiger partial charge is 0.482 e. The van der Waals surface area contributed by atoms with E-state index in [9.17, 15) is 29.7 Å². The highest BCUT2D eigenvalue weighted by Gasteiger charge is 2.37. The summed E-state index contributed by atoms with van der Waals surface area (Å²) in [6.07, 6.45) is -0.151. The number of likely N-dealkylation sites (tertiary alicyclic amines) is 2. The number of aliphatic hydroxyl groups excluding tert-OH is 2. The van der Waals surface area contributed by atoms with Crippen molar-refractivity contribution in [3.05, 3.63) is 82.8 Å². The number of carboxylic acids is 1. The fraction of sp³-hybridized carbons (Fsp3) is 0.341. The first-order valence-electron chi connectivity index (χ1n) is 18.3. The number of fused-ring (bicyclic) bond motifs is 2. The molecule has 55 heavy (non-hydrogen) atoms. The first-order chi connectivity index (χ1) is 26.5. The highest BCUT2D eigenvalue weighted by Crippen LogP contribution is 2.45. The van der Waals surface area contributed by atoms with E-state index >= 15 is 0 Å². The molecular weight excluding hydrogens is 747 g/mol. The van der Waals surface area contributed by atoms with Crippen LogP contribution in [0.2, 0.25) is 10.0 Å². The van der Waals surface area contributed by atoms with Gasteiger partial charge in [0.2, 0.25) is 0 Å². The van der Waals surface area contributed by atoms with Crippen molar-refractivity contribution in [1.29, 1.82) is 0 Å². The van der Waals surface area contributed by atoms with Gasteiger partial charge in [0, 0.05) is 74.5 Å². The van der Waals surface area contributed by atoms with E-state index in [2.05, 4.69) is 4.90 Å². The lowest BCUT2D eigenvalue weighted by molar-refractivity contribution is -0.142. The second kappa shape index (κ2) is 15.4. The van der Waals surface area contributed by atoms with E-state index in [1.54, 1.807) is 20.8 Å². The summed E-state index contributed by atoms with van der Waals surface area (Å²) in [4.78, 5) is 44.7. The van der Waals surface area contributed by atoms with Gasteiger partial charge in [-0.15, -0.1) is 0 Å². The number of benzene rings is 4. The molecule has 3 N–H and O–H groups in total. The maximum atomic E-state index is 12.9. The van der Waals surface area contributed by atoms with Gasteiger partial charge >= 0.3 is 5.97 Å². The second-order valence-corrected chi connectivity index (χ2v) is 15.1. The molecule has 14 heteroatoms. The molecule has 0 spiro atoms. The minimum absolute atomic E-state index is 0.0614. The summed E-state index contributed by atoms with van der Waals surface area (Å²) in [6, 6.07) is 21.9. The third-order valence-electron chi connectivity index (χ3n) is 10.9. The van der Waals surface area contributed by atoms with Crippen LogP contribution in [0.25, 0.3) is 33.4 Å². The van der Waals surface area contributed by atoms with E-state index in [1.165, 1.54) is 0 Å². The molecule has 0 aliphatic carbocycles. The van der Waals surface area contributed by atoms with E-state index in [-0.39, 0.29) is 57.2 Å². The van der Waals surface area contributed by atoms with E-state index in [0.29, 0.717) is 52.6 Å². The fourth-order valence-corrected chi connectivity index (χ4v) is 8.70. The van der Waals surface area contributed by atoms with E-state index < -0.39 is 18.1 Å². The normalized spacial score (nSPS) is 21.3. The van der Waals surface area contributed by atoms with Crippen LogP contribution in [0.15, 0.2) is 72.8 Å². The zero-order chi connectivity index (χ0) is 38.4. The lowest BCUT2D eigenvalue weighted by Gasteiger charge is -2.32. The Morgan fingerprint density at radius 2 is 1.22 bits per heavy atom. The number of amides is 2. The molecular formula is C41H40Cl2N4O8. The Labute approximate surface area is 328 Å². The van der Waals surface area contributed by atoms with Crippen LogP contribution in [0.1, 0.15) is 12.8 Å². The molecule has 0 bridgehead atoms. The summed E-state index contributed by atoms with van der Waals surface area (Å²) >= 11 is 14.3. The van der Waals surface area contributed by atoms with Crippen LogP contribution in [-0.2, 0) is 14.4 Å². The molecule has 0 unspecified atom stereocenters. The molecule has 4 aromatic rings. The molecule has 4 aromatic carbocycles. The van der Waals surface area contributed by atoms with Crippen LogP contribution >= 0.6 is 23.2 Å². The second-order valence-electron chi connectivity index (χ2n) is 14.3. The average Bonchev–Trinajstić information content (AvgIpc) is 3.78. The minimum atomic E-state index is -0.993. The molecule has 2 saturated heterocycles. The van der Waals surface area contributed by atoms with Gasteiger partial charge in [0.1, 0.15) is 17.5 Å². The van der Waals surface area contributed by atoms with Gasteiger partial charge in [-0.1, -0.05) is 71.7 Å². The molecule has 3 atom stereocenters. The van der Waals surface area contributed by atoms with Crippen molar-refractivity contribution in [3.8, 4) is 44.9 Å². The number of aliphatic carboxylic acids is 1. The van der Waals surface area contributed by atoms with Crippen LogP contribution < -0.4 is 19.3 Å². The van der Waals surface area contributed by atoms with Crippen molar-refractivity contribution in [2.45, 2.75) is 31.1 Å². The number of carbonyl (C=O) groups is 3. The van der Waals surface area contributed by atoms with Crippen LogP contribution in [-0.4, -0.2) is 120 Å². The van der Waals surface area contributed by atoms with Crippen LogP contribution in [0.5, 0.6) is 11.5 Å². The number of hydrogen-bond donors (Lipinski definition) is 3. The number of carbonyl (C=O) groups excluding carboxylic acids is 2. The topological polar surface area (TPSA) is 143 Å². The Kier molecular flexibility index (Phi) is 10.5. The Bertz CT molecular complexity index is 2170. The number of β-amino-alcohol motifs (C(OH)–C–C–N with tert-alkyl or cyclic N) is 2. The van der Waals surface area contributed by atoms with Crippen molar-refractivity contribution in [3.63, 3.8) is 0 Å². The zero-order valence-corrected chi connectivity index (χ0v) is 31.4. The Balaban J connectivity index is 1.03. The van der Waals surface area contributed by atoms with Gasteiger partial charge in [-0.3, -0.25) is 24.2 Å². The summed E-state index contributed by atoms with van der Waals surface area (Å²) in [5.74, 6) is -0.251. The van der Waals surface area contributed by atoms with E-state index in [1.807, 2.05) is 66.7 Å². The van der Waals surface area contributed by atoms with Crippen molar-refractivity contribution in [2.75, 3.05) is 68.8 Å². The number of aliphatic hydroxyl groups is 2. The Morgan fingerprint density at radius 3 is 1.73 bits per heavy atom. The van der Waals surface area contributed by atoms with Crippen molar-refractivity contribution in [1.82, 2.24) is 9.80 Å². The third kappa shape index (κ3) is 7.38. The standard InChI is InChI=1S/C41H40Cl2N4O8/c42-39-28(24-7-9-32-35(17-24)54-22-37(50)46(32)15-13-44-12-11-26(48)20-44)3-1-5-30(39)31-6-2-4-29(40(31)43)25-8-10-33-36(18-25)55-23-38(51)47(33)16-14-45-21-27(49)19-34(45)41(52)53/h1-10,17-18,26-27,34,48-49H,11-16,19-23H2,(H,52,53)/t26-,27-,34-/m0/s1. The highest BCUT2D eigenvalue weighted by molar-refractivity contribution is 6.39. The predicted molar refractivity (Wildman–Crippen MR) is 209 cm³/mol. The SMILES string of the molecule is O=C(O)[C@@H]1C[C@H](O)CN1CCN1C(=O)COc2cc(-c3cccc(-c4cccc(-c5ccc6c(c5)OCC(=O)N6CCN5CC[C@H](O)C5)c4Cl)c3Cl)ccc21. The molecule has 4 heterocycles. The molecule has 4 aliphatic heterocycles. The number of carboxylic acid groups (broad SMARTS) is 1. The van der Waals surface area contributed by atoms with Gasteiger partial charge in [0.05, 0.1) is 33.6 Å². The van der Waals surface area contributed by atoms with Crippen molar-refractivity contribution < 1.29 is 39.2 Å². The van der Waals surface area contributed by atoms with Crippen LogP contribution in [0, 0.1) is 0 Å². The average molecular weight is 788 g/mol. The smallest absolute Gasteiger partial charge is 0.321 e.